The molecule has 2 atom stereocenters. The van der Waals surface area contributed by atoms with Gasteiger partial charge in [-0.1, -0.05) is 25.5 Å². The van der Waals surface area contributed by atoms with Gasteiger partial charge in [-0.05, 0) is 31.0 Å². The molecule has 0 amide bonds. The first-order valence-electron chi connectivity index (χ1n) is 5.72. The van der Waals surface area contributed by atoms with Crippen LogP contribution in [-0.4, -0.2) is 22.3 Å². The number of rotatable bonds is 6. The third kappa shape index (κ3) is 4.07. The van der Waals surface area contributed by atoms with Crippen molar-refractivity contribution in [2.24, 2.45) is 0 Å². The molecule has 0 fully saturated rings. The molecule has 1 aromatic rings. The first-order valence-corrected chi connectivity index (χ1v) is 5.72. The molecule has 1 rings (SSSR count). The largest absolute Gasteiger partial charge is 0.479 e. The van der Waals surface area contributed by atoms with Gasteiger partial charge in [-0.2, -0.15) is 0 Å². The van der Waals surface area contributed by atoms with E-state index in [4.69, 9.17) is 9.84 Å². The van der Waals surface area contributed by atoms with Gasteiger partial charge in [-0.25, -0.2) is 4.79 Å². The lowest BCUT2D eigenvalue weighted by molar-refractivity contribution is -0.145. The summed E-state index contributed by atoms with van der Waals surface area (Å²) in [6.45, 7) is 3.59. The molecule has 94 valence electrons. The highest BCUT2D eigenvalue weighted by Gasteiger charge is 2.17. The summed E-state index contributed by atoms with van der Waals surface area (Å²) in [7, 11) is 0. The second-order valence-electron chi connectivity index (χ2n) is 3.98. The molecule has 0 saturated heterocycles. The second kappa shape index (κ2) is 6.25. The fourth-order valence-electron chi connectivity index (χ4n) is 1.48. The van der Waals surface area contributed by atoms with Crippen molar-refractivity contribution in [3.63, 3.8) is 0 Å². The number of hydrogen-bond acceptors (Lipinski definition) is 3. The lowest BCUT2D eigenvalue weighted by Gasteiger charge is -2.14. The quantitative estimate of drug-likeness (QED) is 0.798. The Balaban J connectivity index is 2.70. The molecule has 4 heteroatoms. The third-order valence-corrected chi connectivity index (χ3v) is 2.47. The summed E-state index contributed by atoms with van der Waals surface area (Å²) in [5.74, 6) is -0.443. The fraction of sp³-hybridized carbons (Fsp3) is 0.462. The van der Waals surface area contributed by atoms with Gasteiger partial charge in [-0.3, -0.25) is 0 Å². The van der Waals surface area contributed by atoms with Crippen LogP contribution in [0.1, 0.15) is 38.4 Å². The summed E-state index contributed by atoms with van der Waals surface area (Å²) in [6.07, 6.45) is -0.108. The minimum atomic E-state index is -0.952. The van der Waals surface area contributed by atoms with Gasteiger partial charge in [0.1, 0.15) is 5.75 Å². The molecule has 0 saturated carbocycles. The molecule has 0 spiro atoms. The second-order valence-corrected chi connectivity index (χ2v) is 3.98. The molecular weight excluding hydrogens is 220 g/mol. The van der Waals surface area contributed by atoms with Crippen molar-refractivity contribution < 1.29 is 19.7 Å². The van der Waals surface area contributed by atoms with Crippen molar-refractivity contribution in [1.82, 2.24) is 0 Å². The normalized spacial score (nSPS) is 14.1. The lowest BCUT2D eigenvalue weighted by Crippen LogP contribution is -2.26. The topological polar surface area (TPSA) is 66.8 Å². The number of benzene rings is 1. The standard InChI is InChI=1S/C13H18O4/c1-3-4-12(13(15)16)17-11-7-5-10(6-8-11)9(2)14/h5-9,12,14H,3-4H2,1-2H3,(H,15,16)/t9-,12?/m1/s1. The van der Waals surface area contributed by atoms with Crippen LogP contribution in [0.25, 0.3) is 0 Å². The van der Waals surface area contributed by atoms with Crippen LogP contribution in [0.2, 0.25) is 0 Å². The van der Waals surface area contributed by atoms with E-state index in [9.17, 15) is 9.90 Å². The van der Waals surface area contributed by atoms with Gasteiger partial charge >= 0.3 is 5.97 Å². The van der Waals surface area contributed by atoms with E-state index in [1.54, 1.807) is 31.2 Å². The van der Waals surface area contributed by atoms with E-state index in [1.165, 1.54) is 0 Å². The molecule has 0 aliphatic carbocycles. The maximum Gasteiger partial charge on any atom is 0.344 e. The number of aliphatic carboxylic acids is 1. The van der Waals surface area contributed by atoms with Gasteiger partial charge in [0.25, 0.3) is 0 Å². The summed E-state index contributed by atoms with van der Waals surface area (Å²) in [6, 6.07) is 6.80. The Labute approximate surface area is 101 Å². The van der Waals surface area contributed by atoms with Crippen LogP contribution < -0.4 is 4.74 Å². The first kappa shape index (κ1) is 13.5. The fourth-order valence-corrected chi connectivity index (χ4v) is 1.48. The summed E-state index contributed by atoms with van der Waals surface area (Å²) in [5, 5.41) is 18.3. The van der Waals surface area contributed by atoms with E-state index >= 15 is 0 Å². The molecule has 0 heterocycles. The summed E-state index contributed by atoms with van der Waals surface area (Å²) >= 11 is 0. The van der Waals surface area contributed by atoms with Crippen LogP contribution >= 0.6 is 0 Å². The Kier molecular flexibility index (Phi) is 4.97. The van der Waals surface area contributed by atoms with E-state index < -0.39 is 18.2 Å². The van der Waals surface area contributed by atoms with Crippen LogP contribution in [-0.2, 0) is 4.79 Å². The van der Waals surface area contributed by atoms with Crippen molar-refractivity contribution in [2.45, 2.75) is 38.9 Å². The zero-order valence-electron chi connectivity index (χ0n) is 10.1. The van der Waals surface area contributed by atoms with Crippen molar-refractivity contribution >= 4 is 5.97 Å². The van der Waals surface area contributed by atoms with Crippen molar-refractivity contribution in [2.75, 3.05) is 0 Å². The van der Waals surface area contributed by atoms with Gasteiger partial charge in [0.2, 0.25) is 0 Å². The van der Waals surface area contributed by atoms with Crippen molar-refractivity contribution in [1.29, 1.82) is 0 Å². The van der Waals surface area contributed by atoms with Crippen LogP contribution in [0.15, 0.2) is 24.3 Å². The first-order chi connectivity index (χ1) is 8.04. The average molecular weight is 238 g/mol. The van der Waals surface area contributed by atoms with Crippen LogP contribution in [0.4, 0.5) is 0 Å². The molecule has 0 aromatic heterocycles. The summed E-state index contributed by atoms with van der Waals surface area (Å²) in [4.78, 5) is 10.9. The molecule has 1 unspecified atom stereocenters. The van der Waals surface area contributed by atoms with Gasteiger partial charge in [0.15, 0.2) is 6.10 Å². The smallest absolute Gasteiger partial charge is 0.344 e. The monoisotopic (exact) mass is 238 g/mol. The molecule has 0 aliphatic heterocycles. The molecular formula is C13H18O4. The molecule has 0 radical (unpaired) electrons. The molecule has 2 N–H and O–H groups in total. The van der Waals surface area contributed by atoms with E-state index in [0.29, 0.717) is 12.2 Å². The van der Waals surface area contributed by atoms with E-state index in [2.05, 4.69) is 0 Å². The number of carboxylic acid groups (broad SMARTS) is 1. The number of ether oxygens (including phenoxy) is 1. The lowest BCUT2D eigenvalue weighted by atomic mass is 10.1. The highest BCUT2D eigenvalue weighted by molar-refractivity contribution is 5.72. The highest BCUT2D eigenvalue weighted by Crippen LogP contribution is 2.19. The predicted molar refractivity (Wildman–Crippen MR) is 64.0 cm³/mol. The zero-order valence-corrected chi connectivity index (χ0v) is 10.1. The summed E-state index contributed by atoms with van der Waals surface area (Å²) < 4.78 is 5.37. The Hall–Kier alpha value is -1.55. The van der Waals surface area contributed by atoms with Crippen LogP contribution in [0.3, 0.4) is 0 Å². The number of carboxylic acids is 1. The Morgan fingerprint density at radius 3 is 2.35 bits per heavy atom. The van der Waals surface area contributed by atoms with Gasteiger partial charge < -0.3 is 14.9 Å². The molecule has 1 aromatic carbocycles. The van der Waals surface area contributed by atoms with E-state index in [-0.39, 0.29) is 0 Å². The minimum Gasteiger partial charge on any atom is -0.479 e. The molecule has 0 aliphatic rings. The van der Waals surface area contributed by atoms with Crippen molar-refractivity contribution in [3.05, 3.63) is 29.8 Å². The van der Waals surface area contributed by atoms with E-state index in [0.717, 1.165) is 12.0 Å². The van der Waals surface area contributed by atoms with E-state index in [1.807, 2.05) is 6.92 Å². The zero-order chi connectivity index (χ0) is 12.8. The van der Waals surface area contributed by atoms with Crippen LogP contribution in [0, 0.1) is 0 Å². The third-order valence-electron chi connectivity index (χ3n) is 2.47. The van der Waals surface area contributed by atoms with Crippen molar-refractivity contribution in [3.8, 4) is 5.75 Å². The molecule has 17 heavy (non-hydrogen) atoms. The number of carbonyl (C=O) groups is 1. The number of hydrogen-bond donors (Lipinski definition) is 2. The molecule has 4 nitrogen and oxygen atoms in total. The Morgan fingerprint density at radius 1 is 1.35 bits per heavy atom. The maximum atomic E-state index is 10.9. The maximum absolute atomic E-state index is 10.9. The average Bonchev–Trinajstić information content (AvgIpc) is 2.29. The number of aliphatic hydroxyl groups is 1. The van der Waals surface area contributed by atoms with Crippen LogP contribution in [0.5, 0.6) is 5.75 Å². The number of aliphatic hydroxyl groups excluding tert-OH is 1. The SMILES string of the molecule is CCCC(Oc1ccc([C@@H](C)O)cc1)C(=O)O. The molecule has 0 bridgehead atoms. The predicted octanol–water partition coefficient (Wildman–Crippen LogP) is 2.37. The Morgan fingerprint density at radius 2 is 1.94 bits per heavy atom. The highest BCUT2D eigenvalue weighted by atomic mass is 16.5. The van der Waals surface area contributed by atoms with Gasteiger partial charge in [0, 0.05) is 0 Å². The van der Waals surface area contributed by atoms with Gasteiger partial charge in [0.05, 0.1) is 6.10 Å². The summed E-state index contributed by atoms with van der Waals surface area (Å²) in [5.41, 5.74) is 0.778. The van der Waals surface area contributed by atoms with Gasteiger partial charge in [-0.15, -0.1) is 0 Å². The minimum absolute atomic E-state index is 0.480. The Bertz CT molecular complexity index is 356.